The maximum absolute atomic E-state index is 12.9. The van der Waals surface area contributed by atoms with Crippen LogP contribution in [0.2, 0.25) is 0 Å². The van der Waals surface area contributed by atoms with Gasteiger partial charge in [-0.1, -0.05) is 18.2 Å². The minimum absolute atomic E-state index is 0.160. The lowest BCUT2D eigenvalue weighted by Gasteiger charge is -2.22. The van der Waals surface area contributed by atoms with Crippen LogP contribution in [-0.2, 0) is 10.0 Å². The molecule has 0 saturated heterocycles. The summed E-state index contributed by atoms with van der Waals surface area (Å²) in [6, 6.07) is 9.18. The number of amides is 1. The molecule has 27 heavy (non-hydrogen) atoms. The number of hydrogen-bond acceptors (Lipinski definition) is 3. The molecular formula is C21H28N2O3S. The zero-order chi connectivity index (χ0) is 20.5. The van der Waals surface area contributed by atoms with E-state index in [0.29, 0.717) is 16.8 Å². The Kier molecular flexibility index (Phi) is 6.00. The molecule has 0 radical (unpaired) electrons. The van der Waals surface area contributed by atoms with Gasteiger partial charge in [0.1, 0.15) is 0 Å². The van der Waals surface area contributed by atoms with Crippen molar-refractivity contribution in [3.63, 3.8) is 0 Å². The van der Waals surface area contributed by atoms with E-state index in [1.54, 1.807) is 25.1 Å². The number of benzene rings is 2. The van der Waals surface area contributed by atoms with E-state index in [-0.39, 0.29) is 11.9 Å². The van der Waals surface area contributed by atoms with Crippen molar-refractivity contribution >= 4 is 21.6 Å². The number of anilines is 1. The van der Waals surface area contributed by atoms with Crippen LogP contribution in [0.25, 0.3) is 0 Å². The van der Waals surface area contributed by atoms with Gasteiger partial charge in [-0.05, 0) is 74.6 Å². The number of carbonyl (C=O) groups excluding carboxylic acids is 1. The van der Waals surface area contributed by atoms with E-state index in [1.807, 2.05) is 13.8 Å². The van der Waals surface area contributed by atoms with Crippen molar-refractivity contribution in [3.05, 3.63) is 63.7 Å². The average molecular weight is 389 g/mol. The molecule has 1 amide bonds. The van der Waals surface area contributed by atoms with Crippen LogP contribution in [0.5, 0.6) is 0 Å². The molecule has 1 atom stereocenters. The van der Waals surface area contributed by atoms with Crippen molar-refractivity contribution < 1.29 is 13.2 Å². The van der Waals surface area contributed by atoms with E-state index in [1.165, 1.54) is 22.5 Å². The first kappa shape index (κ1) is 21.0. The molecule has 0 aliphatic heterocycles. The van der Waals surface area contributed by atoms with Crippen LogP contribution in [0, 0.1) is 27.7 Å². The summed E-state index contributed by atoms with van der Waals surface area (Å²) in [4.78, 5) is 12.9. The van der Waals surface area contributed by atoms with Crippen molar-refractivity contribution in [2.45, 2.75) is 40.7 Å². The summed E-state index contributed by atoms with van der Waals surface area (Å²) in [6.07, 6.45) is 1.14. The van der Waals surface area contributed by atoms with Crippen molar-refractivity contribution in [1.82, 2.24) is 5.32 Å². The number of nitrogens with zero attached hydrogens (tertiary/aromatic N) is 1. The van der Waals surface area contributed by atoms with Gasteiger partial charge < -0.3 is 5.32 Å². The summed E-state index contributed by atoms with van der Waals surface area (Å²) >= 11 is 0. The number of aryl methyl sites for hydroxylation is 3. The summed E-state index contributed by atoms with van der Waals surface area (Å²) in [5.41, 5.74) is 6.22. The second kappa shape index (κ2) is 7.72. The predicted octanol–water partition coefficient (Wildman–Crippen LogP) is 3.81. The Morgan fingerprint density at radius 1 is 1.04 bits per heavy atom. The van der Waals surface area contributed by atoms with Crippen LogP contribution in [-0.4, -0.2) is 27.6 Å². The van der Waals surface area contributed by atoms with Crippen molar-refractivity contribution in [3.8, 4) is 0 Å². The molecule has 2 aromatic carbocycles. The zero-order valence-electron chi connectivity index (χ0n) is 17.0. The normalized spacial score (nSPS) is 12.6. The molecule has 5 nitrogen and oxygen atoms in total. The lowest BCUT2D eigenvalue weighted by molar-refractivity contribution is 0.0939. The highest BCUT2D eigenvalue weighted by Crippen LogP contribution is 2.26. The summed E-state index contributed by atoms with van der Waals surface area (Å²) in [6.45, 7) is 9.88. The Hall–Kier alpha value is -2.34. The standard InChI is InChI=1S/C21H28N2O3S/c1-13-11-15(3)19(12-14(13)2)17(5)22-21(24)18-9-8-10-20(16(18)4)23(6)27(7,25)26/h8-12,17H,1-7H3,(H,22,24). The average Bonchev–Trinajstić information content (AvgIpc) is 2.56. The monoisotopic (exact) mass is 388 g/mol. The highest BCUT2D eigenvalue weighted by molar-refractivity contribution is 7.92. The maximum atomic E-state index is 12.9. The fourth-order valence-electron chi connectivity index (χ4n) is 3.19. The molecule has 1 unspecified atom stereocenters. The quantitative estimate of drug-likeness (QED) is 0.847. The smallest absolute Gasteiger partial charge is 0.252 e. The number of carbonyl (C=O) groups is 1. The second-order valence-corrected chi connectivity index (χ2v) is 9.18. The van der Waals surface area contributed by atoms with Crippen molar-refractivity contribution in [2.75, 3.05) is 17.6 Å². The van der Waals surface area contributed by atoms with Crippen molar-refractivity contribution in [1.29, 1.82) is 0 Å². The molecule has 0 saturated carbocycles. The van der Waals surface area contributed by atoms with Crippen LogP contribution in [0.1, 0.15) is 51.1 Å². The molecule has 0 aromatic heterocycles. The number of nitrogens with one attached hydrogen (secondary N) is 1. The fraction of sp³-hybridized carbons (Fsp3) is 0.381. The molecule has 0 aliphatic rings. The van der Waals surface area contributed by atoms with E-state index in [4.69, 9.17) is 0 Å². The second-order valence-electron chi connectivity index (χ2n) is 7.17. The summed E-state index contributed by atoms with van der Waals surface area (Å²) in [5.74, 6) is -0.221. The number of rotatable bonds is 5. The minimum atomic E-state index is -3.40. The van der Waals surface area contributed by atoms with E-state index in [9.17, 15) is 13.2 Å². The van der Waals surface area contributed by atoms with Gasteiger partial charge in [-0.2, -0.15) is 0 Å². The topological polar surface area (TPSA) is 66.5 Å². The van der Waals surface area contributed by atoms with Gasteiger partial charge in [-0.15, -0.1) is 0 Å². The lowest BCUT2D eigenvalue weighted by Crippen LogP contribution is -2.29. The van der Waals surface area contributed by atoms with Crippen LogP contribution in [0.4, 0.5) is 5.69 Å². The first-order valence-electron chi connectivity index (χ1n) is 8.85. The Balaban J connectivity index is 2.33. The Bertz CT molecular complexity index is 981. The van der Waals surface area contributed by atoms with Gasteiger partial charge in [0, 0.05) is 12.6 Å². The fourth-order valence-corrected chi connectivity index (χ4v) is 3.75. The first-order valence-corrected chi connectivity index (χ1v) is 10.7. The third-order valence-corrected chi connectivity index (χ3v) is 6.27. The van der Waals surface area contributed by atoms with Gasteiger partial charge >= 0.3 is 0 Å². The van der Waals surface area contributed by atoms with E-state index >= 15 is 0 Å². The molecule has 0 aliphatic carbocycles. The van der Waals surface area contributed by atoms with Gasteiger partial charge in [-0.3, -0.25) is 9.10 Å². The number of sulfonamides is 1. The van der Waals surface area contributed by atoms with E-state index in [2.05, 4.69) is 31.3 Å². The molecule has 0 heterocycles. The van der Waals surface area contributed by atoms with Gasteiger partial charge in [0.25, 0.3) is 5.91 Å². The lowest BCUT2D eigenvalue weighted by atomic mass is 9.96. The van der Waals surface area contributed by atoms with Crippen molar-refractivity contribution in [2.24, 2.45) is 0 Å². The molecule has 146 valence electrons. The van der Waals surface area contributed by atoms with E-state index in [0.717, 1.165) is 17.4 Å². The zero-order valence-corrected chi connectivity index (χ0v) is 17.9. The predicted molar refractivity (Wildman–Crippen MR) is 111 cm³/mol. The van der Waals surface area contributed by atoms with Gasteiger partial charge in [0.2, 0.25) is 10.0 Å². The summed E-state index contributed by atoms with van der Waals surface area (Å²) in [7, 11) is -1.91. The molecule has 2 aromatic rings. The molecule has 0 spiro atoms. The van der Waals surface area contributed by atoms with Crippen LogP contribution in [0.3, 0.4) is 0 Å². The van der Waals surface area contributed by atoms with Gasteiger partial charge in [0.05, 0.1) is 18.0 Å². The van der Waals surface area contributed by atoms with Crippen LogP contribution < -0.4 is 9.62 Å². The molecule has 2 rings (SSSR count). The van der Waals surface area contributed by atoms with Gasteiger partial charge in [-0.25, -0.2) is 8.42 Å². The Labute approximate surface area is 162 Å². The molecule has 0 fully saturated rings. The number of hydrogen-bond donors (Lipinski definition) is 1. The van der Waals surface area contributed by atoms with Crippen LogP contribution >= 0.6 is 0 Å². The maximum Gasteiger partial charge on any atom is 0.252 e. The highest BCUT2D eigenvalue weighted by Gasteiger charge is 2.20. The first-order chi connectivity index (χ1) is 12.4. The molecule has 6 heteroatoms. The van der Waals surface area contributed by atoms with Crippen LogP contribution in [0.15, 0.2) is 30.3 Å². The highest BCUT2D eigenvalue weighted by atomic mass is 32.2. The SMILES string of the molecule is Cc1cc(C)c(C(C)NC(=O)c2cccc(N(C)S(C)(=O)=O)c2C)cc1C. The van der Waals surface area contributed by atoms with E-state index < -0.39 is 10.0 Å². The third-order valence-electron chi connectivity index (χ3n) is 5.08. The van der Waals surface area contributed by atoms with Gasteiger partial charge in [0.15, 0.2) is 0 Å². The molecule has 1 N–H and O–H groups in total. The summed E-state index contributed by atoms with van der Waals surface area (Å²) in [5, 5.41) is 3.04. The molecule has 0 bridgehead atoms. The summed E-state index contributed by atoms with van der Waals surface area (Å²) < 4.78 is 24.9. The third kappa shape index (κ3) is 4.50. The largest absolute Gasteiger partial charge is 0.345 e. The molecular weight excluding hydrogens is 360 g/mol. The Morgan fingerprint density at radius 3 is 2.22 bits per heavy atom. The minimum Gasteiger partial charge on any atom is -0.345 e. The Morgan fingerprint density at radius 2 is 1.63 bits per heavy atom.